The number of amides is 1. The minimum atomic E-state index is -0.110. The summed E-state index contributed by atoms with van der Waals surface area (Å²) in [5.74, 6) is 1.31. The molecular weight excluding hydrogens is 384 g/mol. The number of morpholine rings is 1. The van der Waals surface area contributed by atoms with Crippen molar-refractivity contribution in [3.05, 3.63) is 51.4 Å². The average molecular weight is 412 g/mol. The van der Waals surface area contributed by atoms with Gasteiger partial charge in [0.2, 0.25) is 11.9 Å². The van der Waals surface area contributed by atoms with E-state index in [1.807, 2.05) is 38.1 Å². The monoisotopic (exact) mass is 412 g/mol. The molecule has 8 nitrogen and oxygen atoms in total. The van der Waals surface area contributed by atoms with Crippen LogP contribution in [0.15, 0.2) is 29.1 Å². The van der Waals surface area contributed by atoms with Crippen molar-refractivity contribution in [1.82, 2.24) is 14.9 Å². The van der Waals surface area contributed by atoms with Crippen molar-refractivity contribution in [2.45, 2.75) is 45.4 Å². The molecular formula is C22H28N4O4. The lowest BCUT2D eigenvalue weighted by Gasteiger charge is -2.36. The van der Waals surface area contributed by atoms with E-state index < -0.39 is 0 Å². The zero-order valence-electron chi connectivity index (χ0n) is 17.7. The van der Waals surface area contributed by atoms with Crippen LogP contribution in [0, 0.1) is 0 Å². The van der Waals surface area contributed by atoms with Gasteiger partial charge in [0.25, 0.3) is 5.56 Å². The largest absolute Gasteiger partial charge is 0.497 e. The molecule has 2 aliphatic rings. The van der Waals surface area contributed by atoms with Gasteiger partial charge in [0.15, 0.2) is 0 Å². The van der Waals surface area contributed by atoms with Crippen LogP contribution >= 0.6 is 0 Å². The Kier molecular flexibility index (Phi) is 5.76. The number of hydrogen-bond acceptors (Lipinski definition) is 6. The number of fused-ring (bicyclic) bond motifs is 1. The second-order valence-corrected chi connectivity index (χ2v) is 8.07. The van der Waals surface area contributed by atoms with E-state index in [0.717, 1.165) is 11.3 Å². The summed E-state index contributed by atoms with van der Waals surface area (Å²) in [5.41, 5.74) is 2.16. The highest BCUT2D eigenvalue weighted by atomic mass is 16.5. The quantitative estimate of drug-likeness (QED) is 0.819. The van der Waals surface area contributed by atoms with Gasteiger partial charge in [-0.3, -0.25) is 14.6 Å². The predicted octanol–water partition coefficient (Wildman–Crippen LogP) is 1.52. The molecule has 0 aliphatic carbocycles. The van der Waals surface area contributed by atoms with Crippen molar-refractivity contribution in [2.24, 2.45) is 0 Å². The Morgan fingerprint density at radius 1 is 1.30 bits per heavy atom. The zero-order valence-corrected chi connectivity index (χ0v) is 17.7. The summed E-state index contributed by atoms with van der Waals surface area (Å²) in [6, 6.07) is 7.53. The number of aromatic nitrogens is 2. The number of hydrogen-bond donors (Lipinski definition) is 1. The Morgan fingerprint density at radius 2 is 2.07 bits per heavy atom. The first-order valence-corrected chi connectivity index (χ1v) is 10.4. The van der Waals surface area contributed by atoms with Crippen LogP contribution in [0.5, 0.6) is 5.75 Å². The molecule has 0 radical (unpaired) electrons. The molecule has 1 aromatic carbocycles. The van der Waals surface area contributed by atoms with Crippen molar-refractivity contribution in [2.75, 3.05) is 31.6 Å². The van der Waals surface area contributed by atoms with Crippen LogP contribution in [0.3, 0.4) is 0 Å². The molecule has 160 valence electrons. The number of carbonyl (C=O) groups is 1. The van der Waals surface area contributed by atoms with Gasteiger partial charge in [-0.25, -0.2) is 4.98 Å². The number of rotatable bonds is 4. The fourth-order valence-electron chi connectivity index (χ4n) is 4.21. The maximum absolute atomic E-state index is 12.9. The number of benzene rings is 1. The molecule has 0 spiro atoms. The van der Waals surface area contributed by atoms with Gasteiger partial charge in [0.05, 0.1) is 38.0 Å². The van der Waals surface area contributed by atoms with E-state index in [1.165, 1.54) is 0 Å². The van der Waals surface area contributed by atoms with Crippen molar-refractivity contribution in [3.8, 4) is 5.75 Å². The second-order valence-electron chi connectivity index (χ2n) is 8.07. The number of H-pyrrole nitrogens is 1. The lowest BCUT2D eigenvalue weighted by Crippen LogP contribution is -2.47. The molecule has 1 aromatic heterocycles. The summed E-state index contributed by atoms with van der Waals surface area (Å²) in [5, 5.41) is 0. The molecule has 4 rings (SSSR count). The van der Waals surface area contributed by atoms with Crippen LogP contribution in [0.25, 0.3) is 0 Å². The van der Waals surface area contributed by atoms with Crippen molar-refractivity contribution in [3.63, 3.8) is 0 Å². The maximum Gasteiger partial charge on any atom is 0.255 e. The number of anilines is 1. The number of ether oxygens (including phenoxy) is 2. The summed E-state index contributed by atoms with van der Waals surface area (Å²) in [6.45, 7) is 6.24. The highest BCUT2D eigenvalue weighted by Crippen LogP contribution is 2.21. The van der Waals surface area contributed by atoms with Gasteiger partial charge in [0.1, 0.15) is 5.75 Å². The fraction of sp³-hybridized carbons (Fsp3) is 0.500. The van der Waals surface area contributed by atoms with Crippen molar-refractivity contribution >= 4 is 11.9 Å². The Balaban J connectivity index is 1.51. The molecule has 1 fully saturated rings. The number of carbonyl (C=O) groups excluding carboxylic acids is 1. The van der Waals surface area contributed by atoms with Gasteiger partial charge in [-0.2, -0.15) is 0 Å². The third-order valence-electron chi connectivity index (χ3n) is 5.62. The predicted molar refractivity (Wildman–Crippen MR) is 113 cm³/mol. The van der Waals surface area contributed by atoms with Gasteiger partial charge < -0.3 is 19.3 Å². The summed E-state index contributed by atoms with van der Waals surface area (Å²) in [7, 11) is 1.61. The van der Waals surface area contributed by atoms with Crippen LogP contribution in [0.4, 0.5) is 5.95 Å². The van der Waals surface area contributed by atoms with Crippen LogP contribution in [0.2, 0.25) is 0 Å². The van der Waals surface area contributed by atoms with E-state index >= 15 is 0 Å². The highest BCUT2D eigenvalue weighted by molar-refractivity contribution is 5.79. The third kappa shape index (κ3) is 4.33. The molecule has 1 amide bonds. The molecule has 1 N–H and O–H groups in total. The van der Waals surface area contributed by atoms with E-state index in [1.54, 1.807) is 12.0 Å². The van der Waals surface area contributed by atoms with Gasteiger partial charge in [-0.15, -0.1) is 0 Å². The van der Waals surface area contributed by atoms with Crippen molar-refractivity contribution in [1.29, 1.82) is 0 Å². The van der Waals surface area contributed by atoms with E-state index in [9.17, 15) is 9.59 Å². The van der Waals surface area contributed by atoms with E-state index in [-0.39, 0.29) is 23.7 Å². The Labute approximate surface area is 175 Å². The zero-order chi connectivity index (χ0) is 21.3. The molecule has 2 aliphatic heterocycles. The molecule has 30 heavy (non-hydrogen) atoms. The summed E-state index contributed by atoms with van der Waals surface area (Å²) >= 11 is 0. The fourth-order valence-corrected chi connectivity index (χ4v) is 4.21. The van der Waals surface area contributed by atoms with Crippen LogP contribution < -0.4 is 15.2 Å². The Hall–Kier alpha value is -2.87. The topological polar surface area (TPSA) is 87.8 Å². The summed E-state index contributed by atoms with van der Waals surface area (Å²) < 4.78 is 11.0. The summed E-state index contributed by atoms with van der Waals surface area (Å²) in [6.07, 6.45) is 0.936. The minimum Gasteiger partial charge on any atom is -0.497 e. The average Bonchev–Trinajstić information content (AvgIpc) is 2.72. The number of nitrogens with one attached hydrogen (secondary N) is 1. The van der Waals surface area contributed by atoms with Gasteiger partial charge >= 0.3 is 0 Å². The Morgan fingerprint density at radius 3 is 2.80 bits per heavy atom. The first-order valence-electron chi connectivity index (χ1n) is 10.4. The van der Waals surface area contributed by atoms with Crippen LogP contribution in [-0.4, -0.2) is 59.7 Å². The molecule has 0 saturated carbocycles. The molecule has 1 saturated heterocycles. The van der Waals surface area contributed by atoms with Crippen molar-refractivity contribution < 1.29 is 14.3 Å². The highest BCUT2D eigenvalue weighted by Gasteiger charge is 2.28. The molecule has 2 aromatic rings. The normalized spacial score (nSPS) is 21.3. The molecule has 8 heteroatoms. The maximum atomic E-state index is 12.9. The molecule has 3 heterocycles. The van der Waals surface area contributed by atoms with E-state index in [2.05, 4.69) is 9.88 Å². The van der Waals surface area contributed by atoms with E-state index in [0.29, 0.717) is 56.2 Å². The van der Waals surface area contributed by atoms with Gasteiger partial charge in [-0.1, -0.05) is 12.1 Å². The second kappa shape index (κ2) is 8.47. The summed E-state index contributed by atoms with van der Waals surface area (Å²) in [4.78, 5) is 37.0. The lowest BCUT2D eigenvalue weighted by molar-refractivity contribution is -0.131. The van der Waals surface area contributed by atoms with Gasteiger partial charge in [0, 0.05) is 25.2 Å². The van der Waals surface area contributed by atoms with Gasteiger partial charge in [-0.05, 0) is 38.0 Å². The lowest BCUT2D eigenvalue weighted by atomic mass is 10.0. The number of aromatic amines is 1. The van der Waals surface area contributed by atoms with Crippen LogP contribution in [-0.2, 0) is 28.9 Å². The molecule has 0 unspecified atom stereocenters. The standard InChI is InChI=1S/C22H28N4O4/c1-14-11-26(12-15(2)30-14)22-23-19-13-25(8-7-18(19)21(28)24-22)20(27)10-16-5-4-6-17(9-16)29-3/h4-6,9,14-15H,7-8,10-13H2,1-3H3,(H,23,24,28)/t14-,15+. The Bertz CT molecular complexity index is 979. The smallest absolute Gasteiger partial charge is 0.255 e. The SMILES string of the molecule is COc1cccc(CC(=O)N2CCc3c(nc(N4C[C@@H](C)O[C@@H](C)C4)[nH]c3=O)C2)c1. The van der Waals surface area contributed by atoms with Crippen LogP contribution in [0.1, 0.15) is 30.7 Å². The molecule has 0 bridgehead atoms. The first-order chi connectivity index (χ1) is 14.4. The van der Waals surface area contributed by atoms with E-state index in [4.69, 9.17) is 14.5 Å². The molecule has 2 atom stereocenters. The first kappa shape index (κ1) is 20.4. The minimum absolute atomic E-state index is 0.0196. The number of nitrogens with zero attached hydrogens (tertiary/aromatic N) is 3. The third-order valence-corrected chi connectivity index (χ3v) is 5.62. The number of methoxy groups -OCH3 is 1.